The van der Waals surface area contributed by atoms with Gasteiger partial charge < -0.3 is 9.15 Å². The summed E-state index contributed by atoms with van der Waals surface area (Å²) >= 11 is 0. The van der Waals surface area contributed by atoms with Gasteiger partial charge in [-0.2, -0.15) is 0 Å². The largest absolute Gasteiger partial charge is 0.494 e. The molecular formula is C19H22N2O4S. The molecule has 0 saturated carbocycles. The molecule has 3 rings (SSSR count). The number of hydrogen-bond donors (Lipinski definition) is 1. The predicted molar refractivity (Wildman–Crippen MR) is 101 cm³/mol. The number of aromatic nitrogens is 1. The van der Waals surface area contributed by atoms with Crippen LogP contribution in [0, 0.1) is 0 Å². The number of anilines is 1. The molecule has 0 spiro atoms. The predicted octanol–water partition coefficient (Wildman–Crippen LogP) is 4.32. The second-order valence-corrected chi connectivity index (χ2v) is 8.64. The van der Waals surface area contributed by atoms with Gasteiger partial charge in [0.05, 0.1) is 17.2 Å². The summed E-state index contributed by atoms with van der Waals surface area (Å²) in [4.78, 5) is 4.62. The molecule has 0 aliphatic heterocycles. The maximum atomic E-state index is 12.6. The fraction of sp³-hybridized carbons (Fsp3) is 0.316. The maximum absolute atomic E-state index is 12.6. The van der Waals surface area contributed by atoms with Crippen LogP contribution < -0.4 is 9.46 Å². The van der Waals surface area contributed by atoms with Crippen molar-refractivity contribution in [1.29, 1.82) is 0 Å². The van der Waals surface area contributed by atoms with E-state index in [1.54, 1.807) is 30.3 Å². The minimum Gasteiger partial charge on any atom is -0.494 e. The minimum absolute atomic E-state index is 0.164. The van der Waals surface area contributed by atoms with E-state index in [4.69, 9.17) is 9.15 Å². The van der Waals surface area contributed by atoms with Crippen molar-refractivity contribution in [3.63, 3.8) is 0 Å². The number of oxazole rings is 1. The average molecular weight is 374 g/mol. The first-order chi connectivity index (χ1) is 12.2. The van der Waals surface area contributed by atoms with Crippen LogP contribution in [0.25, 0.3) is 11.1 Å². The molecule has 2 aromatic carbocycles. The van der Waals surface area contributed by atoms with Crippen molar-refractivity contribution in [1.82, 2.24) is 4.98 Å². The van der Waals surface area contributed by atoms with Gasteiger partial charge in [-0.3, -0.25) is 4.72 Å². The van der Waals surface area contributed by atoms with Crippen molar-refractivity contribution in [2.75, 3.05) is 11.3 Å². The van der Waals surface area contributed by atoms with E-state index >= 15 is 0 Å². The lowest BCUT2D eigenvalue weighted by Crippen LogP contribution is -2.12. The van der Waals surface area contributed by atoms with Crippen LogP contribution in [-0.4, -0.2) is 20.0 Å². The zero-order valence-electron chi connectivity index (χ0n) is 15.2. The highest BCUT2D eigenvalue weighted by atomic mass is 32.2. The van der Waals surface area contributed by atoms with Crippen LogP contribution in [0.1, 0.15) is 33.6 Å². The van der Waals surface area contributed by atoms with Crippen LogP contribution in [-0.2, 0) is 15.4 Å². The molecule has 6 nitrogen and oxygen atoms in total. The third kappa shape index (κ3) is 3.83. The van der Waals surface area contributed by atoms with Gasteiger partial charge >= 0.3 is 0 Å². The average Bonchev–Trinajstić information content (AvgIpc) is 2.99. The van der Waals surface area contributed by atoms with Crippen LogP contribution in [0.4, 0.5) is 5.69 Å². The quantitative estimate of drug-likeness (QED) is 0.719. The smallest absolute Gasteiger partial charge is 0.261 e. The first-order valence-corrected chi connectivity index (χ1v) is 9.84. The lowest BCUT2D eigenvalue weighted by atomic mass is 9.97. The Balaban J connectivity index is 1.87. The molecular weight excluding hydrogens is 352 g/mol. The molecule has 0 bridgehead atoms. The highest BCUT2D eigenvalue weighted by Gasteiger charge is 2.21. The van der Waals surface area contributed by atoms with Gasteiger partial charge in [0.15, 0.2) is 5.58 Å². The van der Waals surface area contributed by atoms with E-state index < -0.39 is 10.0 Å². The van der Waals surface area contributed by atoms with E-state index in [9.17, 15) is 8.42 Å². The van der Waals surface area contributed by atoms with Gasteiger partial charge in [0.2, 0.25) is 5.89 Å². The van der Waals surface area contributed by atoms with Gasteiger partial charge in [0, 0.05) is 5.41 Å². The fourth-order valence-electron chi connectivity index (χ4n) is 2.41. The van der Waals surface area contributed by atoms with Crippen molar-refractivity contribution in [2.45, 2.75) is 38.0 Å². The number of sulfonamides is 1. The molecule has 1 aromatic heterocycles. The van der Waals surface area contributed by atoms with Gasteiger partial charge in [0.25, 0.3) is 10.0 Å². The number of hydrogen-bond acceptors (Lipinski definition) is 5. The first kappa shape index (κ1) is 18.3. The Bertz CT molecular complexity index is 1020. The van der Waals surface area contributed by atoms with Crippen LogP contribution in [0.15, 0.2) is 51.8 Å². The summed E-state index contributed by atoms with van der Waals surface area (Å²) in [6.07, 6.45) is 0. The molecule has 0 saturated heterocycles. The summed E-state index contributed by atoms with van der Waals surface area (Å²) < 4.78 is 38.8. The van der Waals surface area contributed by atoms with E-state index in [1.807, 2.05) is 27.7 Å². The van der Waals surface area contributed by atoms with Gasteiger partial charge in [0.1, 0.15) is 11.3 Å². The zero-order valence-corrected chi connectivity index (χ0v) is 16.1. The molecule has 138 valence electrons. The van der Waals surface area contributed by atoms with Crippen LogP contribution in [0.5, 0.6) is 5.75 Å². The van der Waals surface area contributed by atoms with E-state index in [-0.39, 0.29) is 10.3 Å². The molecule has 1 heterocycles. The molecule has 0 fully saturated rings. The summed E-state index contributed by atoms with van der Waals surface area (Å²) in [7, 11) is -3.70. The topological polar surface area (TPSA) is 81.4 Å². The summed E-state index contributed by atoms with van der Waals surface area (Å²) in [5.41, 5.74) is 1.45. The molecule has 7 heteroatoms. The van der Waals surface area contributed by atoms with E-state index in [2.05, 4.69) is 9.71 Å². The maximum Gasteiger partial charge on any atom is 0.261 e. The highest BCUT2D eigenvalue weighted by Crippen LogP contribution is 2.28. The van der Waals surface area contributed by atoms with Gasteiger partial charge in [-0.15, -0.1) is 0 Å². The molecule has 26 heavy (non-hydrogen) atoms. The van der Waals surface area contributed by atoms with Gasteiger partial charge in [-0.25, -0.2) is 13.4 Å². The SMILES string of the molecule is CCOc1ccc(S(=O)(=O)Nc2ccc3oc(C(C)(C)C)nc3c2)cc1. The zero-order chi connectivity index (χ0) is 18.9. The summed E-state index contributed by atoms with van der Waals surface area (Å²) in [6.45, 7) is 8.42. The fourth-order valence-corrected chi connectivity index (χ4v) is 3.46. The Labute approximate surface area is 153 Å². The van der Waals surface area contributed by atoms with Crippen molar-refractivity contribution in [3.05, 3.63) is 48.4 Å². The Morgan fingerprint density at radius 3 is 2.42 bits per heavy atom. The molecule has 0 aliphatic carbocycles. The number of benzene rings is 2. The van der Waals surface area contributed by atoms with Crippen LogP contribution in [0.2, 0.25) is 0 Å². The van der Waals surface area contributed by atoms with E-state index in [0.29, 0.717) is 35.0 Å². The van der Waals surface area contributed by atoms with Crippen LogP contribution in [0.3, 0.4) is 0 Å². The van der Waals surface area contributed by atoms with Crippen molar-refractivity contribution in [3.8, 4) is 5.75 Å². The summed E-state index contributed by atoms with van der Waals surface area (Å²) in [5.74, 6) is 1.24. The van der Waals surface area contributed by atoms with E-state index in [1.165, 1.54) is 12.1 Å². The van der Waals surface area contributed by atoms with Gasteiger partial charge in [-0.1, -0.05) is 20.8 Å². The van der Waals surface area contributed by atoms with Gasteiger partial charge in [-0.05, 0) is 49.4 Å². The normalized spacial score (nSPS) is 12.3. The molecule has 0 amide bonds. The van der Waals surface area contributed by atoms with Crippen molar-refractivity contribution >= 4 is 26.8 Å². The Hall–Kier alpha value is -2.54. The number of nitrogens with zero attached hydrogens (tertiary/aromatic N) is 1. The number of ether oxygens (including phenoxy) is 1. The Morgan fingerprint density at radius 2 is 1.81 bits per heavy atom. The number of fused-ring (bicyclic) bond motifs is 1. The van der Waals surface area contributed by atoms with Crippen LogP contribution >= 0.6 is 0 Å². The standard InChI is InChI=1S/C19H22N2O4S/c1-5-24-14-7-9-15(10-8-14)26(22,23)21-13-6-11-17-16(12-13)20-18(25-17)19(2,3)4/h6-12,21H,5H2,1-4H3. The second kappa shape index (κ2) is 6.64. The van der Waals surface area contributed by atoms with E-state index in [0.717, 1.165) is 0 Å². The molecule has 0 atom stereocenters. The summed E-state index contributed by atoms with van der Waals surface area (Å²) in [5, 5.41) is 0. The third-order valence-corrected chi connectivity index (χ3v) is 5.12. The van der Waals surface area contributed by atoms with Crippen molar-refractivity contribution in [2.24, 2.45) is 0 Å². The Kier molecular flexibility index (Phi) is 4.66. The Morgan fingerprint density at radius 1 is 1.12 bits per heavy atom. The molecule has 0 aliphatic rings. The third-order valence-electron chi connectivity index (χ3n) is 3.73. The first-order valence-electron chi connectivity index (χ1n) is 8.36. The lowest BCUT2D eigenvalue weighted by Gasteiger charge is -2.11. The number of nitrogens with one attached hydrogen (secondary N) is 1. The number of rotatable bonds is 5. The molecule has 0 radical (unpaired) electrons. The minimum atomic E-state index is -3.70. The molecule has 0 unspecified atom stereocenters. The lowest BCUT2D eigenvalue weighted by molar-refractivity contribution is 0.340. The molecule has 1 N–H and O–H groups in total. The van der Waals surface area contributed by atoms with Crippen molar-refractivity contribution < 1.29 is 17.6 Å². The second-order valence-electron chi connectivity index (χ2n) is 6.96. The monoisotopic (exact) mass is 374 g/mol. The summed E-state index contributed by atoms with van der Waals surface area (Å²) in [6, 6.07) is 11.3. The molecule has 3 aromatic rings. The highest BCUT2D eigenvalue weighted by molar-refractivity contribution is 7.92.